The Morgan fingerprint density at radius 3 is 2.57 bits per heavy atom. The van der Waals surface area contributed by atoms with Crippen LogP contribution in [0.1, 0.15) is 11.5 Å². The maximum absolute atomic E-state index is 12.3. The van der Waals surface area contributed by atoms with Gasteiger partial charge in [0.2, 0.25) is 17.6 Å². The van der Waals surface area contributed by atoms with Gasteiger partial charge in [-0.3, -0.25) is 14.6 Å². The molecule has 1 N–H and O–H groups in total. The first-order chi connectivity index (χ1) is 14.5. The van der Waals surface area contributed by atoms with Crippen LogP contribution in [0, 0.1) is 6.92 Å². The molecule has 1 aromatic heterocycles. The second-order valence-electron chi connectivity index (χ2n) is 7.49. The molecule has 1 aliphatic rings. The van der Waals surface area contributed by atoms with E-state index in [-0.39, 0.29) is 5.91 Å². The van der Waals surface area contributed by atoms with E-state index >= 15 is 0 Å². The molecule has 8 heteroatoms. The number of carbonyl (C=O) groups is 1. The summed E-state index contributed by atoms with van der Waals surface area (Å²) < 4.78 is 5.40. The van der Waals surface area contributed by atoms with Crippen molar-refractivity contribution in [2.24, 2.45) is 0 Å². The number of aryl methyl sites for hydroxylation is 1. The minimum absolute atomic E-state index is 0.00960. The van der Waals surface area contributed by atoms with Gasteiger partial charge in [-0.05, 0) is 31.2 Å². The zero-order valence-corrected chi connectivity index (χ0v) is 17.6. The minimum atomic E-state index is 0.00960. The number of carbonyl (C=O) groups excluding carboxylic acids is 1. The lowest BCUT2D eigenvalue weighted by molar-refractivity contribution is -0.117. The number of aromatic nitrogens is 2. The average Bonchev–Trinajstić information content (AvgIpc) is 3.20. The zero-order valence-electron chi connectivity index (χ0n) is 16.8. The van der Waals surface area contributed by atoms with Crippen molar-refractivity contribution in [3.63, 3.8) is 0 Å². The van der Waals surface area contributed by atoms with Crippen molar-refractivity contribution in [3.05, 3.63) is 65.0 Å². The van der Waals surface area contributed by atoms with Gasteiger partial charge in [0, 0.05) is 42.5 Å². The molecule has 2 heterocycles. The molecule has 3 aromatic rings. The van der Waals surface area contributed by atoms with E-state index in [2.05, 4.69) is 25.3 Å². The van der Waals surface area contributed by atoms with Crippen LogP contribution >= 0.6 is 11.6 Å². The summed E-state index contributed by atoms with van der Waals surface area (Å²) in [6.07, 6.45) is 0. The lowest BCUT2D eigenvalue weighted by Crippen LogP contribution is -2.48. The first kappa shape index (κ1) is 20.5. The SMILES string of the molecule is Cc1ccc(NC(=O)CN2CCN(Cc3nc(-c4cccc(Cl)c4)no3)CC2)cc1. The number of hydrogen-bond acceptors (Lipinski definition) is 6. The van der Waals surface area contributed by atoms with Gasteiger partial charge in [0.05, 0.1) is 13.1 Å². The molecule has 30 heavy (non-hydrogen) atoms. The fraction of sp³-hybridized carbons (Fsp3) is 0.318. The molecule has 0 unspecified atom stereocenters. The van der Waals surface area contributed by atoms with E-state index in [1.54, 1.807) is 0 Å². The van der Waals surface area contributed by atoms with Crippen molar-refractivity contribution in [1.82, 2.24) is 19.9 Å². The largest absolute Gasteiger partial charge is 0.338 e. The molecule has 4 rings (SSSR count). The van der Waals surface area contributed by atoms with E-state index in [0.717, 1.165) is 37.4 Å². The summed E-state index contributed by atoms with van der Waals surface area (Å²) in [7, 11) is 0. The summed E-state index contributed by atoms with van der Waals surface area (Å²) in [6, 6.07) is 15.2. The Labute approximate surface area is 180 Å². The molecule has 0 atom stereocenters. The molecule has 1 aliphatic heterocycles. The third kappa shape index (κ3) is 5.44. The fourth-order valence-electron chi connectivity index (χ4n) is 3.40. The van der Waals surface area contributed by atoms with E-state index < -0.39 is 0 Å². The molecule has 0 radical (unpaired) electrons. The molecule has 1 fully saturated rings. The number of anilines is 1. The Balaban J connectivity index is 1.24. The highest BCUT2D eigenvalue weighted by Gasteiger charge is 2.21. The molecular formula is C22H24ClN5O2. The van der Waals surface area contributed by atoms with Crippen LogP contribution in [-0.4, -0.2) is 58.6 Å². The quantitative estimate of drug-likeness (QED) is 0.652. The summed E-state index contributed by atoms with van der Waals surface area (Å²) in [5.74, 6) is 1.13. The predicted molar refractivity (Wildman–Crippen MR) is 116 cm³/mol. The molecule has 156 valence electrons. The highest BCUT2D eigenvalue weighted by atomic mass is 35.5. The maximum atomic E-state index is 12.3. The van der Waals surface area contributed by atoms with Crippen LogP contribution in [-0.2, 0) is 11.3 Å². The third-order valence-corrected chi connectivity index (χ3v) is 5.31. The van der Waals surface area contributed by atoms with Crippen LogP contribution in [0.5, 0.6) is 0 Å². The molecule has 7 nitrogen and oxygen atoms in total. The average molecular weight is 426 g/mol. The number of rotatable bonds is 6. The third-order valence-electron chi connectivity index (χ3n) is 5.08. The fourth-order valence-corrected chi connectivity index (χ4v) is 3.59. The Hall–Kier alpha value is -2.74. The van der Waals surface area contributed by atoms with Crippen LogP contribution in [0.15, 0.2) is 53.1 Å². The van der Waals surface area contributed by atoms with Gasteiger partial charge in [-0.15, -0.1) is 0 Å². The normalized spacial score (nSPS) is 15.3. The molecule has 1 saturated heterocycles. The number of amides is 1. The number of halogens is 1. The standard InChI is InChI=1S/C22H24ClN5O2/c1-16-5-7-19(8-6-16)24-20(29)14-27-9-11-28(12-10-27)15-21-25-22(26-30-21)17-3-2-4-18(23)13-17/h2-8,13H,9-12,14-15H2,1H3,(H,24,29). The maximum Gasteiger partial charge on any atom is 0.241 e. The molecule has 0 aliphatic carbocycles. The lowest BCUT2D eigenvalue weighted by Gasteiger charge is -2.33. The number of hydrogen-bond donors (Lipinski definition) is 1. The summed E-state index contributed by atoms with van der Waals surface area (Å²) in [5.41, 5.74) is 2.84. The highest BCUT2D eigenvalue weighted by molar-refractivity contribution is 6.30. The second-order valence-corrected chi connectivity index (χ2v) is 7.93. The topological polar surface area (TPSA) is 74.5 Å². The van der Waals surface area contributed by atoms with E-state index in [9.17, 15) is 4.79 Å². The number of benzene rings is 2. The van der Waals surface area contributed by atoms with Gasteiger partial charge < -0.3 is 9.84 Å². The summed E-state index contributed by atoms with van der Waals surface area (Å²) in [6.45, 7) is 6.32. The summed E-state index contributed by atoms with van der Waals surface area (Å²) >= 11 is 6.03. The van der Waals surface area contributed by atoms with Crippen LogP contribution in [0.25, 0.3) is 11.4 Å². The van der Waals surface area contributed by atoms with Crippen LogP contribution in [0.4, 0.5) is 5.69 Å². The van der Waals surface area contributed by atoms with Crippen LogP contribution in [0.3, 0.4) is 0 Å². The Bertz CT molecular complexity index is 997. The number of nitrogens with zero attached hydrogens (tertiary/aromatic N) is 4. The number of piperazine rings is 1. The van der Waals surface area contributed by atoms with Crippen molar-refractivity contribution in [1.29, 1.82) is 0 Å². The van der Waals surface area contributed by atoms with Gasteiger partial charge in [-0.1, -0.05) is 46.6 Å². The predicted octanol–water partition coefficient (Wildman–Crippen LogP) is 3.45. The second kappa shape index (κ2) is 9.38. The highest BCUT2D eigenvalue weighted by Crippen LogP contribution is 2.20. The first-order valence-corrected chi connectivity index (χ1v) is 10.3. The van der Waals surface area contributed by atoms with Crippen molar-refractivity contribution >= 4 is 23.2 Å². The summed E-state index contributed by atoms with van der Waals surface area (Å²) in [5, 5.41) is 7.65. The van der Waals surface area contributed by atoms with Gasteiger partial charge in [0.15, 0.2) is 0 Å². The summed E-state index contributed by atoms with van der Waals surface area (Å²) in [4.78, 5) is 21.2. The smallest absolute Gasteiger partial charge is 0.241 e. The number of nitrogens with one attached hydrogen (secondary N) is 1. The Morgan fingerprint density at radius 1 is 1.10 bits per heavy atom. The molecule has 0 saturated carbocycles. The van der Waals surface area contributed by atoms with E-state index in [0.29, 0.717) is 29.8 Å². The molecule has 1 amide bonds. The molecular weight excluding hydrogens is 402 g/mol. The molecule has 0 spiro atoms. The van der Waals surface area contributed by atoms with Gasteiger partial charge in [0.1, 0.15) is 0 Å². The van der Waals surface area contributed by atoms with Crippen molar-refractivity contribution < 1.29 is 9.32 Å². The lowest BCUT2D eigenvalue weighted by atomic mass is 10.2. The van der Waals surface area contributed by atoms with Gasteiger partial charge >= 0.3 is 0 Å². The Kier molecular flexibility index (Phi) is 6.42. The van der Waals surface area contributed by atoms with Gasteiger partial charge in [-0.2, -0.15) is 4.98 Å². The van der Waals surface area contributed by atoms with Gasteiger partial charge in [0.25, 0.3) is 0 Å². The Morgan fingerprint density at radius 2 is 1.83 bits per heavy atom. The first-order valence-electron chi connectivity index (χ1n) is 9.95. The molecule has 0 bridgehead atoms. The molecule has 2 aromatic carbocycles. The van der Waals surface area contributed by atoms with E-state index in [1.807, 2.05) is 55.5 Å². The monoisotopic (exact) mass is 425 g/mol. The van der Waals surface area contributed by atoms with Crippen LogP contribution < -0.4 is 5.32 Å². The van der Waals surface area contributed by atoms with Gasteiger partial charge in [-0.25, -0.2) is 0 Å². The van der Waals surface area contributed by atoms with Crippen molar-refractivity contribution in [2.45, 2.75) is 13.5 Å². The van der Waals surface area contributed by atoms with Crippen molar-refractivity contribution in [2.75, 3.05) is 38.0 Å². The van der Waals surface area contributed by atoms with E-state index in [4.69, 9.17) is 16.1 Å². The minimum Gasteiger partial charge on any atom is -0.338 e. The van der Waals surface area contributed by atoms with Crippen LogP contribution in [0.2, 0.25) is 5.02 Å². The zero-order chi connectivity index (χ0) is 20.9. The van der Waals surface area contributed by atoms with Crippen molar-refractivity contribution in [3.8, 4) is 11.4 Å². The van der Waals surface area contributed by atoms with E-state index in [1.165, 1.54) is 5.56 Å².